The highest BCUT2D eigenvalue weighted by Gasteiger charge is 2.39. The molecular weight excluding hydrogens is 320 g/mol. The molecule has 1 aromatic rings. The minimum Gasteiger partial charge on any atom is -0.480 e. The van der Waals surface area contributed by atoms with Crippen molar-refractivity contribution in [2.45, 2.75) is 52.0 Å². The van der Waals surface area contributed by atoms with Gasteiger partial charge in [-0.3, -0.25) is 15.0 Å². The van der Waals surface area contributed by atoms with Gasteiger partial charge in [-0.15, -0.1) is 0 Å². The minimum absolute atomic E-state index is 0.0124. The molecule has 1 aliphatic carbocycles. The smallest absolute Gasteiger partial charge is 0.328 e. The lowest BCUT2D eigenvalue weighted by atomic mass is 10.0. The number of aliphatic carboxylic acids is 1. The summed E-state index contributed by atoms with van der Waals surface area (Å²) < 4.78 is 8.15. The number of rotatable bonds is 8. The fourth-order valence-electron chi connectivity index (χ4n) is 2.61. The first kappa shape index (κ1) is 17.5. The Morgan fingerprint density at radius 1 is 1.28 bits per heavy atom. The summed E-state index contributed by atoms with van der Waals surface area (Å²) in [4.78, 5) is 36.8. The molecule has 136 valence electrons. The number of carboxylic acids is 1. The number of benzene rings is 1. The zero-order valence-electron chi connectivity index (χ0n) is 15.7. The average Bonchev–Trinajstić information content (AvgIpc) is 3.44. The molecule has 0 spiro atoms. The van der Waals surface area contributed by atoms with Crippen LogP contribution in [-0.2, 0) is 20.8 Å². The van der Waals surface area contributed by atoms with Crippen LogP contribution in [0.2, 0.25) is 1.41 Å². The standard InChI is InChI=1S/C19H26N2O4/c1-13(2)12-16(19(24)25)21(18(23)15-9-10-15)20-17(22)11-8-14-6-4-3-5-7-14/h3-7,13,15-16H,8-12H2,1-2H3,(H,20,22)(H,24,25)/t16-/m0/s1/i/hD. The molecule has 1 saturated carbocycles. The molecule has 2 N–H and O–H groups in total. The van der Waals surface area contributed by atoms with Crippen LogP contribution in [0.4, 0.5) is 0 Å². The van der Waals surface area contributed by atoms with Crippen molar-refractivity contribution >= 4 is 17.8 Å². The maximum absolute atomic E-state index is 12.6. The first-order chi connectivity index (χ1) is 12.3. The Labute approximate surface area is 149 Å². The molecule has 6 heteroatoms. The Morgan fingerprint density at radius 3 is 2.44 bits per heavy atom. The van der Waals surface area contributed by atoms with Gasteiger partial charge in [-0.2, -0.15) is 0 Å². The lowest BCUT2D eigenvalue weighted by Crippen LogP contribution is -2.55. The van der Waals surface area contributed by atoms with Crippen LogP contribution in [0.1, 0.15) is 45.1 Å². The van der Waals surface area contributed by atoms with Crippen LogP contribution in [0.3, 0.4) is 0 Å². The van der Waals surface area contributed by atoms with Gasteiger partial charge in [-0.1, -0.05) is 44.2 Å². The molecule has 2 amide bonds. The molecule has 0 unspecified atom stereocenters. The molecule has 1 aromatic carbocycles. The van der Waals surface area contributed by atoms with Crippen molar-refractivity contribution in [2.24, 2.45) is 11.8 Å². The van der Waals surface area contributed by atoms with Crippen LogP contribution >= 0.6 is 0 Å². The van der Waals surface area contributed by atoms with E-state index >= 15 is 0 Å². The topological polar surface area (TPSA) is 86.7 Å². The van der Waals surface area contributed by atoms with E-state index in [9.17, 15) is 19.5 Å². The number of carboxylic acid groups (broad SMARTS) is 1. The molecule has 25 heavy (non-hydrogen) atoms. The van der Waals surface area contributed by atoms with Crippen molar-refractivity contribution in [3.8, 4) is 0 Å². The lowest BCUT2D eigenvalue weighted by Gasteiger charge is -2.30. The third-order valence-electron chi connectivity index (χ3n) is 4.12. The molecule has 6 nitrogen and oxygen atoms in total. The van der Waals surface area contributed by atoms with Gasteiger partial charge in [0, 0.05) is 12.3 Å². The Morgan fingerprint density at radius 2 is 1.92 bits per heavy atom. The Bertz CT molecular complexity index is 646. The number of nitrogens with one attached hydrogen (secondary N) is 1. The number of hydrogen-bond acceptors (Lipinski definition) is 3. The summed E-state index contributed by atoms with van der Waals surface area (Å²) >= 11 is 0. The van der Waals surface area contributed by atoms with Crippen LogP contribution in [0.15, 0.2) is 30.3 Å². The molecule has 1 aliphatic rings. The van der Waals surface area contributed by atoms with Crippen LogP contribution in [-0.4, -0.2) is 33.9 Å². The number of aryl methyl sites for hydroxylation is 1. The van der Waals surface area contributed by atoms with Crippen molar-refractivity contribution < 1.29 is 20.9 Å². The third-order valence-corrected chi connectivity index (χ3v) is 4.12. The first-order valence-corrected chi connectivity index (χ1v) is 8.72. The molecule has 0 radical (unpaired) electrons. The quantitative estimate of drug-likeness (QED) is 0.707. The van der Waals surface area contributed by atoms with Crippen molar-refractivity contribution in [3.05, 3.63) is 35.9 Å². The van der Waals surface area contributed by atoms with E-state index in [-0.39, 0.29) is 24.7 Å². The largest absolute Gasteiger partial charge is 0.480 e. The normalized spacial score (nSPS) is 15.4. The SMILES string of the molecule is [2H]N(C(=O)CCc1ccccc1)N(C(=O)C1CC1)[C@@H](CC(C)C)C(=O)O. The fourth-order valence-corrected chi connectivity index (χ4v) is 2.61. The van der Waals surface area contributed by atoms with Crippen molar-refractivity contribution in [1.29, 1.82) is 0 Å². The van der Waals surface area contributed by atoms with E-state index in [1.165, 1.54) is 0 Å². The summed E-state index contributed by atoms with van der Waals surface area (Å²) in [7, 11) is 0. The first-order valence-electron chi connectivity index (χ1n) is 9.17. The van der Waals surface area contributed by atoms with Crippen LogP contribution < -0.4 is 5.42 Å². The van der Waals surface area contributed by atoms with Gasteiger partial charge in [0.1, 0.15) is 0 Å². The van der Waals surface area contributed by atoms with E-state index in [1.807, 2.05) is 44.2 Å². The monoisotopic (exact) mass is 347 g/mol. The molecule has 0 saturated heterocycles. The second-order valence-corrected chi connectivity index (χ2v) is 6.92. The summed E-state index contributed by atoms with van der Waals surface area (Å²) in [6, 6.07) is 8.16. The van der Waals surface area contributed by atoms with Crippen molar-refractivity contribution in [1.82, 2.24) is 10.4 Å². The summed E-state index contributed by atoms with van der Waals surface area (Å²) in [5.74, 6) is -2.49. The van der Waals surface area contributed by atoms with Crippen molar-refractivity contribution in [2.75, 3.05) is 0 Å². The van der Waals surface area contributed by atoms with Gasteiger partial charge >= 0.3 is 5.97 Å². The maximum Gasteiger partial charge on any atom is 0.328 e. The number of hydrogen-bond donors (Lipinski definition) is 2. The van der Waals surface area contributed by atoms with Gasteiger partial charge in [-0.25, -0.2) is 9.80 Å². The molecule has 2 rings (SSSR count). The summed E-state index contributed by atoms with van der Waals surface area (Å²) in [6.45, 7) is 3.70. The van der Waals surface area contributed by atoms with E-state index in [0.717, 1.165) is 10.6 Å². The van der Waals surface area contributed by atoms with E-state index < -0.39 is 23.8 Å². The Balaban J connectivity index is 2.13. The Hall–Kier alpha value is -2.37. The molecular formula is C19H26N2O4. The zero-order chi connectivity index (χ0) is 19.3. The van der Waals surface area contributed by atoms with Gasteiger partial charge in [0.05, 0.1) is 0 Å². The maximum atomic E-state index is 12.6. The number of amides is 2. The fraction of sp³-hybridized carbons (Fsp3) is 0.526. The molecule has 0 aliphatic heterocycles. The highest BCUT2D eigenvalue weighted by molar-refractivity contribution is 5.89. The number of nitrogens with zero attached hydrogens (tertiary/aromatic N) is 1. The van der Waals surface area contributed by atoms with Gasteiger partial charge in [0.2, 0.25) is 11.8 Å². The predicted octanol–water partition coefficient (Wildman–Crippen LogP) is 2.39. The lowest BCUT2D eigenvalue weighted by molar-refractivity contribution is -0.157. The minimum atomic E-state index is -1.21. The van der Waals surface area contributed by atoms with Gasteiger partial charge in [0.25, 0.3) is 0 Å². The Kier molecular flexibility index (Phi) is 6.04. The number of hydrazine groups is 1. The van der Waals surface area contributed by atoms with Gasteiger partial charge in [-0.05, 0) is 37.2 Å². The highest BCUT2D eigenvalue weighted by atomic mass is 16.4. The van der Waals surface area contributed by atoms with E-state index in [2.05, 4.69) is 0 Å². The van der Waals surface area contributed by atoms with E-state index in [4.69, 9.17) is 1.41 Å². The van der Waals surface area contributed by atoms with Crippen LogP contribution in [0, 0.1) is 11.8 Å². The van der Waals surface area contributed by atoms with Gasteiger partial charge in [0.15, 0.2) is 7.45 Å². The summed E-state index contributed by atoms with van der Waals surface area (Å²) in [5.41, 5.74) is 1.43. The zero-order valence-corrected chi connectivity index (χ0v) is 14.7. The number of carbonyl (C=O) groups excluding carboxylic acids is 2. The van der Waals surface area contributed by atoms with E-state index in [1.54, 1.807) is 0 Å². The van der Waals surface area contributed by atoms with E-state index in [0.29, 0.717) is 24.7 Å². The van der Waals surface area contributed by atoms with Crippen LogP contribution in [0.5, 0.6) is 0 Å². The van der Waals surface area contributed by atoms with Gasteiger partial charge < -0.3 is 5.11 Å². The second kappa shape index (κ2) is 8.65. The number of carbonyl (C=O) groups is 3. The third kappa shape index (κ3) is 5.89. The molecule has 1 fully saturated rings. The van der Waals surface area contributed by atoms with Crippen molar-refractivity contribution in [3.63, 3.8) is 0 Å². The molecule has 0 bridgehead atoms. The average molecular weight is 347 g/mol. The second-order valence-electron chi connectivity index (χ2n) is 6.92. The summed E-state index contributed by atoms with van der Waals surface area (Å²) in [5, 5.41) is 10.4. The molecule has 0 heterocycles. The molecule has 0 aromatic heterocycles. The predicted molar refractivity (Wildman–Crippen MR) is 93.4 cm³/mol. The summed E-state index contributed by atoms with van der Waals surface area (Å²) in [6.07, 6.45) is 2.01. The highest BCUT2D eigenvalue weighted by Crippen LogP contribution is 2.31. The van der Waals surface area contributed by atoms with Crippen LogP contribution in [0.25, 0.3) is 0 Å². The molecule has 1 atom stereocenters.